The van der Waals surface area contributed by atoms with Crippen LogP contribution in [0.4, 0.5) is 0 Å². The zero-order chi connectivity index (χ0) is 31.4. The van der Waals surface area contributed by atoms with Crippen molar-refractivity contribution in [1.29, 1.82) is 0 Å². The van der Waals surface area contributed by atoms with Gasteiger partial charge in [0.25, 0.3) is 0 Å². The van der Waals surface area contributed by atoms with E-state index in [0.717, 1.165) is 0 Å². The van der Waals surface area contributed by atoms with Gasteiger partial charge in [-0.1, -0.05) is 98.7 Å². The molecule has 2 heteroatoms. The summed E-state index contributed by atoms with van der Waals surface area (Å²) in [6, 6.07) is 24.1. The molecule has 224 valence electrons. The summed E-state index contributed by atoms with van der Waals surface area (Å²) in [4.78, 5) is 0. The summed E-state index contributed by atoms with van der Waals surface area (Å²) in [5.74, 6) is 1.35. The number of rotatable bonds is 4. The number of hydrogen-bond donors (Lipinski definition) is 0. The zero-order valence-electron chi connectivity index (χ0n) is 28.5. The van der Waals surface area contributed by atoms with Crippen LogP contribution in [0.3, 0.4) is 0 Å². The number of fused-ring (bicyclic) bond motifs is 5. The highest BCUT2D eigenvalue weighted by atomic mass is 15.0. The van der Waals surface area contributed by atoms with Crippen molar-refractivity contribution in [2.75, 3.05) is 0 Å². The van der Waals surface area contributed by atoms with Crippen molar-refractivity contribution in [3.05, 3.63) is 94.7 Å². The number of hydrogen-bond acceptors (Lipinski definition) is 0. The molecule has 0 aliphatic carbocycles. The minimum Gasteiger partial charge on any atom is -0.307 e. The fourth-order valence-corrected chi connectivity index (χ4v) is 7.61. The summed E-state index contributed by atoms with van der Waals surface area (Å²) in [6.07, 6.45) is 2.26. The van der Waals surface area contributed by atoms with Gasteiger partial charge in [-0.05, 0) is 92.6 Å². The quantitative estimate of drug-likeness (QED) is 0.111. The maximum Gasteiger partial charge on any atom is 0.224 e. The fourth-order valence-electron chi connectivity index (χ4n) is 7.61. The van der Waals surface area contributed by atoms with Gasteiger partial charge in [0.15, 0.2) is 6.20 Å². The van der Waals surface area contributed by atoms with Crippen molar-refractivity contribution in [1.82, 2.24) is 4.40 Å². The van der Waals surface area contributed by atoms with Crippen molar-refractivity contribution < 1.29 is 4.57 Å². The average molecular weight is 580 g/mol. The first kappa shape index (κ1) is 28.8. The van der Waals surface area contributed by atoms with Gasteiger partial charge in [0, 0.05) is 16.8 Å². The Morgan fingerprint density at radius 1 is 0.682 bits per heavy atom. The van der Waals surface area contributed by atoms with Crippen molar-refractivity contribution >= 4 is 49.0 Å². The van der Waals surface area contributed by atoms with Gasteiger partial charge in [-0.2, -0.15) is 0 Å². The molecular formula is C42H47N2+. The van der Waals surface area contributed by atoms with Gasteiger partial charge in [0.05, 0.1) is 27.3 Å². The first-order valence-corrected chi connectivity index (χ1v) is 16.5. The van der Waals surface area contributed by atoms with Gasteiger partial charge in [0.1, 0.15) is 7.05 Å². The Balaban J connectivity index is 1.74. The van der Waals surface area contributed by atoms with Crippen LogP contribution < -0.4 is 4.57 Å². The second-order valence-electron chi connectivity index (χ2n) is 15.2. The lowest BCUT2D eigenvalue weighted by Gasteiger charge is -2.24. The highest BCUT2D eigenvalue weighted by Crippen LogP contribution is 2.45. The van der Waals surface area contributed by atoms with Crippen LogP contribution >= 0.6 is 0 Å². The lowest BCUT2D eigenvalue weighted by molar-refractivity contribution is -0.643. The van der Waals surface area contributed by atoms with Crippen LogP contribution in [0.5, 0.6) is 0 Å². The van der Waals surface area contributed by atoms with Crippen LogP contribution in [0.2, 0.25) is 0 Å². The van der Waals surface area contributed by atoms with Gasteiger partial charge in [-0.25, -0.2) is 4.57 Å². The minimum absolute atomic E-state index is 0.0658. The van der Waals surface area contributed by atoms with Gasteiger partial charge >= 0.3 is 0 Å². The average Bonchev–Trinajstić information content (AvgIpc) is 3.30. The van der Waals surface area contributed by atoms with E-state index in [1.165, 1.54) is 87.9 Å². The minimum atomic E-state index is 0.0658. The Hall–Kier alpha value is -3.91. The third-order valence-corrected chi connectivity index (χ3v) is 10.1. The largest absolute Gasteiger partial charge is 0.307 e. The van der Waals surface area contributed by atoms with E-state index in [1.54, 1.807) is 0 Å². The van der Waals surface area contributed by atoms with Crippen molar-refractivity contribution in [2.45, 2.75) is 92.4 Å². The maximum absolute atomic E-state index is 2.60. The van der Waals surface area contributed by atoms with Gasteiger partial charge in [-0.15, -0.1) is 0 Å². The zero-order valence-corrected chi connectivity index (χ0v) is 28.5. The van der Waals surface area contributed by atoms with E-state index >= 15 is 0 Å². The summed E-state index contributed by atoms with van der Waals surface area (Å²) in [6.45, 7) is 23.3. The maximum atomic E-state index is 2.60. The number of aryl methyl sites for hydroxylation is 2. The number of nitrogens with zero attached hydrogens (tertiary/aromatic N) is 2. The topological polar surface area (TPSA) is 8.29 Å². The van der Waals surface area contributed by atoms with Crippen molar-refractivity contribution in [3.63, 3.8) is 0 Å². The summed E-state index contributed by atoms with van der Waals surface area (Å²) in [5.41, 5.74) is 15.1. The lowest BCUT2D eigenvalue weighted by atomic mass is 9.81. The molecule has 0 saturated carbocycles. The van der Waals surface area contributed by atoms with E-state index in [0.29, 0.717) is 17.8 Å². The molecule has 7 aromatic rings. The van der Waals surface area contributed by atoms with Gasteiger partial charge in [0.2, 0.25) is 5.52 Å². The first-order valence-electron chi connectivity index (χ1n) is 16.5. The van der Waals surface area contributed by atoms with Crippen LogP contribution in [-0.4, -0.2) is 4.40 Å². The summed E-state index contributed by atoms with van der Waals surface area (Å²) >= 11 is 0. The monoisotopic (exact) mass is 579 g/mol. The molecule has 44 heavy (non-hydrogen) atoms. The highest BCUT2D eigenvalue weighted by Gasteiger charge is 2.27. The molecule has 0 unspecified atom stereocenters. The van der Waals surface area contributed by atoms with Gasteiger partial charge in [-0.3, -0.25) is 0 Å². The van der Waals surface area contributed by atoms with E-state index in [9.17, 15) is 0 Å². The van der Waals surface area contributed by atoms with E-state index in [1.807, 2.05) is 0 Å². The van der Waals surface area contributed by atoms with E-state index in [2.05, 4.69) is 152 Å². The molecular weight excluding hydrogens is 532 g/mol. The van der Waals surface area contributed by atoms with Gasteiger partial charge < -0.3 is 4.40 Å². The Kier molecular flexibility index (Phi) is 6.42. The molecule has 0 bridgehead atoms. The standard InChI is InChI=1S/C42H47N2/c1-23(2)28-19-33(24(3)4)38(34(20-28)25(5)6)29-18-27-16-17-43(11)41-37-26(7)12-14-32-31-15-13-30(42(8,9)10)22-35(31)44(40(32)37)36(21-29)39(27)41/h12-25H,1-11H3/q+1. The molecule has 0 spiro atoms. The molecule has 2 nitrogen and oxygen atoms in total. The van der Waals surface area contributed by atoms with Crippen LogP contribution in [-0.2, 0) is 12.5 Å². The molecule has 7 rings (SSSR count). The highest BCUT2D eigenvalue weighted by molar-refractivity contribution is 6.26. The molecule has 0 fully saturated rings. The number of aromatic nitrogens is 2. The van der Waals surface area contributed by atoms with Crippen LogP contribution in [0.15, 0.2) is 66.9 Å². The Morgan fingerprint density at radius 2 is 1.34 bits per heavy atom. The predicted molar refractivity (Wildman–Crippen MR) is 191 cm³/mol. The van der Waals surface area contributed by atoms with Crippen LogP contribution in [0, 0.1) is 6.92 Å². The Labute approximate surface area is 262 Å². The fraction of sp³-hybridized carbons (Fsp3) is 0.357. The summed E-state index contributed by atoms with van der Waals surface area (Å²) in [7, 11) is 2.21. The second-order valence-corrected chi connectivity index (χ2v) is 15.2. The molecule has 0 radical (unpaired) electrons. The molecule has 3 heterocycles. The molecule has 0 atom stereocenters. The van der Waals surface area contributed by atoms with E-state index in [4.69, 9.17) is 0 Å². The summed E-state index contributed by atoms with van der Waals surface area (Å²) in [5, 5.41) is 6.67. The van der Waals surface area contributed by atoms with Crippen LogP contribution in [0.25, 0.3) is 60.1 Å². The number of benzene rings is 4. The first-order chi connectivity index (χ1) is 20.8. The normalized spacial score (nSPS) is 13.0. The molecule has 0 saturated heterocycles. The molecule has 0 N–H and O–H groups in total. The molecule has 0 amide bonds. The van der Waals surface area contributed by atoms with E-state index < -0.39 is 0 Å². The second kappa shape index (κ2) is 9.80. The molecule has 4 aromatic carbocycles. The lowest BCUT2D eigenvalue weighted by Crippen LogP contribution is -2.28. The molecule has 0 aliphatic rings. The smallest absolute Gasteiger partial charge is 0.224 e. The third kappa shape index (κ3) is 4.10. The number of pyridine rings is 2. The van der Waals surface area contributed by atoms with E-state index in [-0.39, 0.29) is 5.41 Å². The Morgan fingerprint density at radius 3 is 1.95 bits per heavy atom. The van der Waals surface area contributed by atoms with Crippen molar-refractivity contribution in [3.8, 4) is 11.1 Å². The SMILES string of the molecule is Cc1ccc2c3ccc(C(C)(C)C)cc3n3c4cc(-c5c(C(C)C)cc(C(C)C)cc5C(C)C)cc5cc[n+](C)c(c1c23)c54. The molecule has 0 aliphatic heterocycles. The predicted octanol–water partition coefficient (Wildman–Crippen LogP) is 11.5. The summed E-state index contributed by atoms with van der Waals surface area (Å²) < 4.78 is 4.94. The molecule has 3 aromatic heterocycles. The van der Waals surface area contributed by atoms with Crippen LogP contribution in [0.1, 0.15) is 108 Å². The third-order valence-electron chi connectivity index (χ3n) is 10.1. The Bertz CT molecular complexity index is 2220. The van der Waals surface area contributed by atoms with Crippen molar-refractivity contribution in [2.24, 2.45) is 7.05 Å².